The van der Waals surface area contributed by atoms with E-state index in [0.29, 0.717) is 21.9 Å². The van der Waals surface area contributed by atoms with Crippen LogP contribution in [0.25, 0.3) is 16.2 Å². The van der Waals surface area contributed by atoms with E-state index in [2.05, 4.69) is 9.97 Å². The molecule has 0 N–H and O–H groups in total. The van der Waals surface area contributed by atoms with Crippen molar-refractivity contribution in [2.24, 2.45) is 0 Å². The van der Waals surface area contributed by atoms with Gasteiger partial charge in [-0.1, -0.05) is 36.4 Å². The molecule has 7 heteroatoms. The van der Waals surface area contributed by atoms with E-state index in [1.807, 2.05) is 43.3 Å². The molecule has 0 amide bonds. The van der Waals surface area contributed by atoms with Gasteiger partial charge in [-0.15, -0.1) is 11.3 Å². The molecule has 0 saturated carbocycles. The van der Waals surface area contributed by atoms with Gasteiger partial charge in [-0.25, -0.2) is 14.8 Å². The number of pyridine rings is 1. The van der Waals surface area contributed by atoms with Gasteiger partial charge in [-0.2, -0.15) is 0 Å². The third kappa shape index (κ3) is 3.44. The van der Waals surface area contributed by atoms with E-state index in [4.69, 9.17) is 4.74 Å². The Labute approximate surface area is 165 Å². The molecule has 0 fully saturated rings. The Hall–Kier alpha value is -3.32. The number of hydrogen-bond acceptors (Lipinski definition) is 6. The molecule has 4 aromatic rings. The molecular weight excluding hydrogens is 374 g/mol. The minimum atomic E-state index is -0.469. The lowest BCUT2D eigenvalue weighted by Gasteiger charge is -2.07. The second-order valence-electron chi connectivity index (χ2n) is 6.35. The molecule has 6 nitrogen and oxygen atoms in total. The molecule has 0 spiro atoms. The summed E-state index contributed by atoms with van der Waals surface area (Å²) in [6, 6.07) is 14.7. The highest BCUT2D eigenvalue weighted by Crippen LogP contribution is 2.28. The van der Waals surface area contributed by atoms with Gasteiger partial charge in [-0.05, 0) is 25.5 Å². The zero-order chi connectivity index (χ0) is 19.7. The molecule has 0 aliphatic carbocycles. The molecule has 1 aromatic carbocycles. The van der Waals surface area contributed by atoms with Gasteiger partial charge < -0.3 is 4.74 Å². The molecule has 4 rings (SSSR count). The Kier molecular flexibility index (Phi) is 4.75. The van der Waals surface area contributed by atoms with Crippen LogP contribution in [0.15, 0.2) is 59.5 Å². The summed E-state index contributed by atoms with van der Waals surface area (Å²) < 4.78 is 6.88. The quantitative estimate of drug-likeness (QED) is 0.495. The van der Waals surface area contributed by atoms with Crippen molar-refractivity contribution in [3.8, 4) is 10.6 Å². The molecule has 0 radical (unpaired) electrons. The molecule has 0 aliphatic rings. The standard InChI is InChI=1S/C21H17N3O3S/c1-13-7-6-10-24-17(25)11-16(23-19(13)24)12-27-21(26)18-14(2)22-20(28-18)15-8-4-3-5-9-15/h3-11H,12H2,1-2H3. The zero-order valence-corrected chi connectivity index (χ0v) is 16.2. The van der Waals surface area contributed by atoms with Crippen LogP contribution in [-0.2, 0) is 11.3 Å². The maximum absolute atomic E-state index is 12.5. The Bertz CT molecular complexity index is 1230. The predicted molar refractivity (Wildman–Crippen MR) is 108 cm³/mol. The van der Waals surface area contributed by atoms with Gasteiger partial charge in [0.05, 0.1) is 11.4 Å². The van der Waals surface area contributed by atoms with Crippen molar-refractivity contribution in [1.29, 1.82) is 0 Å². The first-order valence-corrected chi connectivity index (χ1v) is 9.52. The van der Waals surface area contributed by atoms with Crippen LogP contribution < -0.4 is 5.56 Å². The number of fused-ring (bicyclic) bond motifs is 1. The van der Waals surface area contributed by atoms with Crippen molar-refractivity contribution in [2.45, 2.75) is 20.5 Å². The molecule has 0 atom stereocenters. The summed E-state index contributed by atoms with van der Waals surface area (Å²) >= 11 is 1.29. The van der Waals surface area contributed by atoms with Gasteiger partial charge in [0, 0.05) is 17.8 Å². The largest absolute Gasteiger partial charge is 0.455 e. The van der Waals surface area contributed by atoms with Gasteiger partial charge in [0.2, 0.25) is 0 Å². The maximum atomic E-state index is 12.5. The zero-order valence-electron chi connectivity index (χ0n) is 15.4. The molecule has 140 valence electrons. The Morgan fingerprint density at radius 3 is 2.68 bits per heavy atom. The predicted octanol–water partition coefficient (Wildman–Crippen LogP) is 3.79. The maximum Gasteiger partial charge on any atom is 0.350 e. The summed E-state index contributed by atoms with van der Waals surface area (Å²) in [5.41, 5.74) is 3.21. The van der Waals surface area contributed by atoms with Crippen LogP contribution in [0.2, 0.25) is 0 Å². The molecule has 28 heavy (non-hydrogen) atoms. The number of aromatic nitrogens is 3. The topological polar surface area (TPSA) is 73.6 Å². The molecule has 3 heterocycles. The van der Waals surface area contributed by atoms with E-state index in [1.165, 1.54) is 21.8 Å². The first kappa shape index (κ1) is 18.1. The third-order valence-electron chi connectivity index (χ3n) is 4.29. The number of benzene rings is 1. The van der Waals surface area contributed by atoms with Gasteiger partial charge in [0.25, 0.3) is 5.56 Å². The van der Waals surface area contributed by atoms with Crippen LogP contribution in [0, 0.1) is 13.8 Å². The summed E-state index contributed by atoms with van der Waals surface area (Å²) in [5.74, 6) is -0.469. The summed E-state index contributed by atoms with van der Waals surface area (Å²) in [6.45, 7) is 3.59. The van der Waals surface area contributed by atoms with Gasteiger partial charge in [-0.3, -0.25) is 9.20 Å². The minimum absolute atomic E-state index is 0.0725. The summed E-state index contributed by atoms with van der Waals surface area (Å²) in [7, 11) is 0. The lowest BCUT2D eigenvalue weighted by atomic mass is 10.2. The molecule has 3 aromatic heterocycles. The molecule has 0 saturated heterocycles. The molecule has 0 unspecified atom stereocenters. The lowest BCUT2D eigenvalue weighted by molar-refractivity contribution is 0.0472. The lowest BCUT2D eigenvalue weighted by Crippen LogP contribution is -2.17. The minimum Gasteiger partial charge on any atom is -0.455 e. The smallest absolute Gasteiger partial charge is 0.350 e. The molecule has 0 aliphatic heterocycles. The number of carbonyl (C=O) groups excluding carboxylic acids is 1. The van der Waals surface area contributed by atoms with Crippen LogP contribution >= 0.6 is 11.3 Å². The number of carbonyl (C=O) groups is 1. The van der Waals surface area contributed by atoms with Crippen molar-refractivity contribution < 1.29 is 9.53 Å². The second kappa shape index (κ2) is 7.36. The summed E-state index contributed by atoms with van der Waals surface area (Å²) in [5, 5.41) is 0.766. The highest BCUT2D eigenvalue weighted by atomic mass is 32.1. The normalized spacial score (nSPS) is 10.9. The van der Waals surface area contributed by atoms with E-state index in [9.17, 15) is 9.59 Å². The number of hydrogen-bond donors (Lipinski definition) is 0. The second-order valence-corrected chi connectivity index (χ2v) is 7.35. The Balaban J connectivity index is 1.55. The van der Waals surface area contributed by atoms with E-state index in [-0.39, 0.29) is 12.2 Å². The Morgan fingerprint density at radius 2 is 1.89 bits per heavy atom. The van der Waals surface area contributed by atoms with E-state index >= 15 is 0 Å². The average Bonchev–Trinajstić information content (AvgIpc) is 3.09. The fourth-order valence-corrected chi connectivity index (χ4v) is 3.84. The SMILES string of the molecule is Cc1nc(-c2ccccc2)sc1C(=O)OCc1cc(=O)n2cccc(C)c2n1. The van der Waals surface area contributed by atoms with Crippen LogP contribution in [0.3, 0.4) is 0 Å². The highest BCUT2D eigenvalue weighted by Gasteiger charge is 2.18. The summed E-state index contributed by atoms with van der Waals surface area (Å²) in [6.07, 6.45) is 1.67. The van der Waals surface area contributed by atoms with E-state index < -0.39 is 5.97 Å². The third-order valence-corrected chi connectivity index (χ3v) is 5.48. The monoisotopic (exact) mass is 391 g/mol. The summed E-state index contributed by atoms with van der Waals surface area (Å²) in [4.78, 5) is 34.2. The van der Waals surface area contributed by atoms with E-state index in [0.717, 1.165) is 16.1 Å². The van der Waals surface area contributed by atoms with Crippen molar-refractivity contribution in [3.63, 3.8) is 0 Å². The Morgan fingerprint density at radius 1 is 1.11 bits per heavy atom. The molecule has 0 bridgehead atoms. The van der Waals surface area contributed by atoms with Crippen molar-refractivity contribution >= 4 is 23.0 Å². The first-order valence-electron chi connectivity index (χ1n) is 8.71. The van der Waals surface area contributed by atoms with Gasteiger partial charge in [0.1, 0.15) is 22.1 Å². The first-order chi connectivity index (χ1) is 13.5. The van der Waals surface area contributed by atoms with Gasteiger partial charge in [0.15, 0.2) is 0 Å². The van der Waals surface area contributed by atoms with Crippen molar-refractivity contribution in [1.82, 2.24) is 14.4 Å². The number of thiazole rings is 1. The van der Waals surface area contributed by atoms with Crippen LogP contribution in [0.5, 0.6) is 0 Å². The number of nitrogens with zero attached hydrogens (tertiary/aromatic N) is 3. The van der Waals surface area contributed by atoms with Crippen molar-refractivity contribution in [3.05, 3.63) is 86.9 Å². The highest BCUT2D eigenvalue weighted by molar-refractivity contribution is 7.17. The number of aryl methyl sites for hydroxylation is 2. The number of esters is 1. The number of rotatable bonds is 4. The van der Waals surface area contributed by atoms with Gasteiger partial charge >= 0.3 is 5.97 Å². The fourth-order valence-electron chi connectivity index (χ4n) is 2.88. The molecular formula is C21H17N3O3S. The van der Waals surface area contributed by atoms with Crippen molar-refractivity contribution in [2.75, 3.05) is 0 Å². The average molecular weight is 391 g/mol. The van der Waals surface area contributed by atoms with E-state index in [1.54, 1.807) is 19.2 Å². The number of ether oxygens (including phenoxy) is 1. The van der Waals surface area contributed by atoms with Crippen LogP contribution in [0.4, 0.5) is 0 Å². The van der Waals surface area contributed by atoms with Crippen LogP contribution in [-0.4, -0.2) is 20.3 Å². The fraction of sp³-hybridized carbons (Fsp3) is 0.143. The van der Waals surface area contributed by atoms with Crippen LogP contribution in [0.1, 0.15) is 26.6 Å².